The van der Waals surface area contributed by atoms with Gasteiger partial charge in [0.1, 0.15) is 31.0 Å². The number of carbonyl (C=O) groups is 2. The van der Waals surface area contributed by atoms with E-state index in [1.54, 1.807) is 0 Å². The van der Waals surface area contributed by atoms with Crippen LogP contribution in [0.1, 0.15) is 162 Å². The average molecular weight is 935 g/mol. The van der Waals surface area contributed by atoms with Crippen molar-refractivity contribution in [3.63, 3.8) is 0 Å². The lowest BCUT2D eigenvalue weighted by Crippen LogP contribution is -2.55. The highest BCUT2D eigenvalue weighted by molar-refractivity contribution is 7.47. The first-order valence-corrected chi connectivity index (χ1v) is 25.5. The Morgan fingerprint density at radius 1 is 0.750 bits per heavy atom. The Kier molecular flexibility index (Phi) is 30.3. The Morgan fingerprint density at radius 2 is 1.33 bits per heavy atom. The first-order chi connectivity index (χ1) is 30.6. The van der Waals surface area contributed by atoms with Crippen molar-refractivity contribution in [2.24, 2.45) is 11.8 Å². The highest BCUT2D eigenvalue weighted by Gasteiger charge is 2.49. The number of unbranched alkanes of at least 4 members (excludes halogenated alkanes) is 15. The molecule has 0 spiro atoms. The molecule has 2 bridgehead atoms. The van der Waals surface area contributed by atoms with E-state index in [4.69, 9.17) is 18.5 Å². The van der Waals surface area contributed by atoms with Gasteiger partial charge in [-0.3, -0.25) is 18.6 Å². The molecular weight excluding hydrogens is 851 g/mol. The monoisotopic (exact) mass is 935 g/mol. The van der Waals surface area contributed by atoms with Gasteiger partial charge in [-0.1, -0.05) is 134 Å². The number of carbonyl (C=O) groups excluding carboxylic acids is 2. The summed E-state index contributed by atoms with van der Waals surface area (Å²) in [6, 6.07) is 0. The number of cyclic esters (lactones) is 1. The molecule has 64 heavy (non-hydrogen) atoms. The Hall–Kier alpha value is -2.05. The summed E-state index contributed by atoms with van der Waals surface area (Å²) < 4.78 is 34.5. The highest BCUT2D eigenvalue weighted by atomic mass is 31.2. The summed E-state index contributed by atoms with van der Waals surface area (Å²) in [5, 5.41) is 89.6. The molecule has 9 N–H and O–H groups in total. The molecule has 0 aromatic carbocycles. The fraction of sp³-hybridized carbons (Fsp3) is 0.830. The first kappa shape index (κ1) is 58.1. The van der Waals surface area contributed by atoms with Gasteiger partial charge in [0.15, 0.2) is 6.10 Å². The molecule has 372 valence electrons. The molecule has 1 saturated carbocycles. The van der Waals surface area contributed by atoms with Crippen LogP contribution in [0, 0.1) is 11.8 Å². The number of ether oxygens (including phenoxy) is 2. The minimum Gasteiger partial charge on any atom is -0.461 e. The largest absolute Gasteiger partial charge is 0.472 e. The van der Waals surface area contributed by atoms with E-state index in [1.807, 2.05) is 6.92 Å². The second-order valence-electron chi connectivity index (χ2n) is 17.6. The number of allylic oxidation sites excluding steroid dienone is 3. The molecule has 1 heterocycles. The van der Waals surface area contributed by atoms with Gasteiger partial charge in [0.25, 0.3) is 0 Å². The summed E-state index contributed by atoms with van der Waals surface area (Å²) in [6.07, 6.45) is 9.02. The van der Waals surface area contributed by atoms with Crippen molar-refractivity contribution in [2.45, 2.75) is 223 Å². The zero-order chi connectivity index (χ0) is 47.3. The van der Waals surface area contributed by atoms with Gasteiger partial charge in [-0.15, -0.1) is 0 Å². The van der Waals surface area contributed by atoms with Crippen molar-refractivity contribution in [1.82, 2.24) is 0 Å². The lowest BCUT2D eigenvalue weighted by atomic mass is 9.83. The maximum atomic E-state index is 13.5. The molecule has 0 aromatic rings. The van der Waals surface area contributed by atoms with Crippen molar-refractivity contribution >= 4 is 19.8 Å². The van der Waals surface area contributed by atoms with E-state index in [0.717, 1.165) is 64.2 Å². The topological polar surface area (TPSA) is 270 Å². The van der Waals surface area contributed by atoms with Gasteiger partial charge < -0.3 is 55.2 Å². The van der Waals surface area contributed by atoms with Crippen LogP contribution in [0.2, 0.25) is 0 Å². The number of hydrogen-bond donors (Lipinski definition) is 9. The number of rotatable bonds is 24. The molecule has 1 aliphatic carbocycles. The van der Waals surface area contributed by atoms with Crippen molar-refractivity contribution in [3.8, 4) is 0 Å². The van der Waals surface area contributed by atoms with Gasteiger partial charge >= 0.3 is 19.8 Å². The van der Waals surface area contributed by atoms with Crippen LogP contribution >= 0.6 is 7.82 Å². The summed E-state index contributed by atoms with van der Waals surface area (Å²) in [5.41, 5.74) is 0. The van der Waals surface area contributed by atoms with Crippen molar-refractivity contribution in [1.29, 1.82) is 0 Å². The summed E-state index contributed by atoms with van der Waals surface area (Å²) in [7, 11) is -5.43. The smallest absolute Gasteiger partial charge is 0.461 e. The molecule has 1 unspecified atom stereocenters. The molecule has 2 aliphatic rings. The predicted octanol–water partition coefficient (Wildman–Crippen LogP) is 5.77. The SMILES string of the molecule is CCCCCCCC/C=C\CCCCCCCCCC(=O)O[C@@H]1COC(=O)C/C=C\C[C@H]2[C@@H](O)[C@H](O)[C@@H](O)[C@H](OP(=O)(O)OC1)[C@H](O)[C@H](O)[C@@H](/C=C/[C@H](O)CCCCC)[C@H](O)C[C@@H]2O. The number of esters is 2. The number of aliphatic hydroxyl groups is 8. The van der Waals surface area contributed by atoms with Gasteiger partial charge in [-0.25, -0.2) is 4.57 Å². The van der Waals surface area contributed by atoms with Gasteiger partial charge in [0.2, 0.25) is 0 Å². The van der Waals surface area contributed by atoms with E-state index in [0.29, 0.717) is 19.3 Å². The lowest BCUT2D eigenvalue weighted by Gasteiger charge is -2.37. The number of aliphatic hydroxyl groups excluding tert-OH is 8. The van der Waals surface area contributed by atoms with E-state index < -0.39 is 112 Å². The third-order valence-corrected chi connectivity index (χ3v) is 13.0. The van der Waals surface area contributed by atoms with Crippen LogP contribution in [0.4, 0.5) is 0 Å². The van der Waals surface area contributed by atoms with Gasteiger partial charge in [0.05, 0.1) is 43.5 Å². The van der Waals surface area contributed by atoms with Crippen LogP contribution in [0.3, 0.4) is 0 Å². The van der Waals surface area contributed by atoms with Gasteiger partial charge in [-0.05, 0) is 44.9 Å². The van der Waals surface area contributed by atoms with Crippen LogP contribution in [0.5, 0.6) is 0 Å². The molecule has 0 radical (unpaired) electrons. The Morgan fingerprint density at radius 3 is 1.97 bits per heavy atom. The van der Waals surface area contributed by atoms with Crippen molar-refractivity contribution < 1.29 is 78.4 Å². The van der Waals surface area contributed by atoms with Crippen LogP contribution < -0.4 is 0 Å². The molecule has 1 aliphatic heterocycles. The lowest BCUT2D eigenvalue weighted by molar-refractivity contribution is -0.167. The number of phosphoric acid groups is 1. The fourth-order valence-electron chi connectivity index (χ4n) is 8.02. The summed E-state index contributed by atoms with van der Waals surface area (Å²) in [6.45, 7) is 2.78. The number of phosphoric ester groups is 1. The summed E-state index contributed by atoms with van der Waals surface area (Å²) >= 11 is 0. The van der Waals surface area contributed by atoms with Crippen LogP contribution in [0.15, 0.2) is 36.5 Å². The third kappa shape index (κ3) is 23.6. The third-order valence-electron chi connectivity index (χ3n) is 12.0. The fourth-order valence-corrected chi connectivity index (χ4v) is 8.99. The maximum absolute atomic E-state index is 13.5. The molecule has 0 amide bonds. The first-order valence-electron chi connectivity index (χ1n) is 24.0. The van der Waals surface area contributed by atoms with Gasteiger partial charge in [-0.2, -0.15) is 0 Å². The second kappa shape index (κ2) is 33.4. The van der Waals surface area contributed by atoms with E-state index in [1.165, 1.54) is 62.8 Å². The van der Waals surface area contributed by atoms with Crippen molar-refractivity contribution in [3.05, 3.63) is 36.5 Å². The van der Waals surface area contributed by atoms with E-state index in [-0.39, 0.29) is 19.3 Å². The second-order valence-corrected chi connectivity index (χ2v) is 19.0. The standard InChI is InChI=1S/C47H83O16P/c1-3-5-7-8-9-10-11-12-13-14-15-16-17-18-19-20-22-28-41(52)62-35-32-60-40(51)27-24-23-26-36-38(49)31-39(50)37(30-29-34(48)25-21-6-4-2)43(54)45(56)47(46(57)44(55)42(36)53)63-64(58,59)61-33-35/h12-13,23-24,29-30,34-39,42-50,53-57H,3-11,14-22,25-28,31-33H2,1-2H3,(H,58,59)/b13-12-,24-23-,30-29+/t34-,35-,36-,37+,38+,39-,42-,43-,44+,45-,46-,47-/m1/s1. The molecular formula is C47H83O16P. The Bertz CT molecular complexity index is 1390. The van der Waals surface area contributed by atoms with E-state index in [9.17, 15) is 59.9 Å². The highest BCUT2D eigenvalue weighted by Crippen LogP contribution is 2.47. The van der Waals surface area contributed by atoms with Gasteiger partial charge in [0, 0.05) is 24.7 Å². The van der Waals surface area contributed by atoms with Crippen LogP contribution in [0.25, 0.3) is 0 Å². The van der Waals surface area contributed by atoms with E-state index >= 15 is 0 Å². The Balaban J connectivity index is 2.11. The van der Waals surface area contributed by atoms with E-state index in [2.05, 4.69) is 19.1 Å². The maximum Gasteiger partial charge on any atom is 0.472 e. The number of fused-ring (bicyclic) bond motifs is 4. The van der Waals surface area contributed by atoms with Crippen LogP contribution in [-0.4, -0.2) is 132 Å². The quantitative estimate of drug-likeness (QED) is 0.0241. The zero-order valence-electron chi connectivity index (χ0n) is 38.4. The average Bonchev–Trinajstić information content (AvgIpc) is 3.26. The normalized spacial score (nSPS) is 32.6. The molecule has 1 fully saturated rings. The molecule has 16 nitrogen and oxygen atoms in total. The Labute approximate surface area is 381 Å². The minimum absolute atomic E-state index is 0.0205. The molecule has 0 saturated heterocycles. The van der Waals surface area contributed by atoms with Crippen molar-refractivity contribution in [2.75, 3.05) is 13.2 Å². The van der Waals surface area contributed by atoms with Crippen LogP contribution in [-0.2, 0) is 32.7 Å². The summed E-state index contributed by atoms with van der Waals surface area (Å²) in [4.78, 5) is 36.4. The molecule has 17 heteroatoms. The zero-order valence-corrected chi connectivity index (χ0v) is 39.3. The number of hydrogen-bond acceptors (Lipinski definition) is 15. The molecule has 0 aromatic heterocycles. The summed E-state index contributed by atoms with van der Waals surface area (Å²) in [5.74, 6) is -4.27. The predicted molar refractivity (Wildman–Crippen MR) is 241 cm³/mol. The molecule has 13 atom stereocenters. The minimum atomic E-state index is -5.43. The molecule has 2 rings (SSSR count).